The fourth-order valence-corrected chi connectivity index (χ4v) is 1.89. The number of ether oxygens (including phenoxy) is 2. The lowest BCUT2D eigenvalue weighted by molar-refractivity contribution is -0.209. The Balaban J connectivity index is 1.85. The normalized spacial score (nSPS) is 32.8. The summed E-state index contributed by atoms with van der Waals surface area (Å²) in [5.74, 6) is -1.68. The van der Waals surface area contributed by atoms with Crippen molar-refractivity contribution in [1.82, 2.24) is 0 Å². The minimum atomic E-state index is -1.58. The largest absolute Gasteiger partial charge is 0.373 e. The quantitative estimate of drug-likeness (QED) is 0.479. The highest BCUT2D eigenvalue weighted by Crippen LogP contribution is 2.34. The molecule has 0 saturated carbocycles. The molecule has 0 aromatic rings. The summed E-state index contributed by atoms with van der Waals surface area (Å²) in [6.45, 7) is 3.41. The predicted octanol–water partition coefficient (Wildman–Crippen LogP) is 0.271. The van der Waals surface area contributed by atoms with E-state index >= 15 is 0 Å². The molecule has 0 aliphatic carbocycles. The first kappa shape index (κ1) is 10.4. The van der Waals surface area contributed by atoms with E-state index in [1.807, 2.05) is 6.92 Å². The van der Waals surface area contributed by atoms with Gasteiger partial charge in [0, 0.05) is 12.3 Å². The molecule has 4 heteroatoms. The molecule has 2 N–H and O–H groups in total. The maximum Gasteiger partial charge on any atom is 0.168 e. The van der Waals surface area contributed by atoms with Crippen LogP contribution in [0.3, 0.4) is 0 Å². The van der Waals surface area contributed by atoms with Crippen molar-refractivity contribution in [3.63, 3.8) is 0 Å². The molecule has 2 rings (SSSR count). The van der Waals surface area contributed by atoms with E-state index in [9.17, 15) is 10.2 Å². The highest BCUT2D eigenvalue weighted by atomic mass is 16.6. The van der Waals surface area contributed by atoms with Crippen LogP contribution in [0.1, 0.15) is 26.2 Å². The van der Waals surface area contributed by atoms with Gasteiger partial charge in [0.25, 0.3) is 0 Å². The van der Waals surface area contributed by atoms with E-state index in [1.54, 1.807) is 0 Å². The average Bonchev–Trinajstić information content (AvgIpc) is 2.92. The molecule has 0 radical (unpaired) electrons. The molecule has 2 fully saturated rings. The summed E-state index contributed by atoms with van der Waals surface area (Å²) in [7, 11) is 0. The lowest BCUT2D eigenvalue weighted by Gasteiger charge is -2.29. The van der Waals surface area contributed by atoms with Crippen molar-refractivity contribution in [3.8, 4) is 0 Å². The first-order valence-corrected chi connectivity index (χ1v) is 5.29. The fourth-order valence-electron chi connectivity index (χ4n) is 1.89. The molecule has 0 spiro atoms. The monoisotopic (exact) mass is 202 g/mol. The predicted molar refractivity (Wildman–Crippen MR) is 49.7 cm³/mol. The molecule has 2 aliphatic rings. The Labute approximate surface area is 83.8 Å². The first-order chi connectivity index (χ1) is 6.62. The highest BCUT2D eigenvalue weighted by Gasteiger charge is 2.42. The SMILES string of the molecule is CCC(CC1CO1)C(O)(O)CC1CO1. The van der Waals surface area contributed by atoms with Gasteiger partial charge in [0.15, 0.2) is 5.79 Å². The van der Waals surface area contributed by atoms with Crippen LogP contribution in [0.15, 0.2) is 0 Å². The molecule has 0 aromatic heterocycles. The maximum atomic E-state index is 9.88. The van der Waals surface area contributed by atoms with Gasteiger partial charge in [-0.15, -0.1) is 0 Å². The van der Waals surface area contributed by atoms with Crippen LogP contribution < -0.4 is 0 Å². The third kappa shape index (κ3) is 2.67. The minimum Gasteiger partial charge on any atom is -0.373 e. The Morgan fingerprint density at radius 3 is 2.29 bits per heavy atom. The summed E-state index contributed by atoms with van der Waals surface area (Å²) >= 11 is 0. The second-order valence-corrected chi connectivity index (χ2v) is 4.33. The van der Waals surface area contributed by atoms with Gasteiger partial charge >= 0.3 is 0 Å². The van der Waals surface area contributed by atoms with Crippen LogP contribution in [-0.2, 0) is 9.47 Å². The molecule has 2 heterocycles. The average molecular weight is 202 g/mol. The van der Waals surface area contributed by atoms with Crippen molar-refractivity contribution in [2.45, 2.75) is 44.2 Å². The van der Waals surface area contributed by atoms with Crippen molar-refractivity contribution in [1.29, 1.82) is 0 Å². The van der Waals surface area contributed by atoms with Crippen molar-refractivity contribution >= 4 is 0 Å². The number of epoxide rings is 2. The second kappa shape index (κ2) is 3.77. The minimum absolute atomic E-state index is 0.0548. The van der Waals surface area contributed by atoms with E-state index in [1.165, 1.54) is 0 Å². The van der Waals surface area contributed by atoms with Gasteiger partial charge in [0.05, 0.1) is 25.4 Å². The van der Waals surface area contributed by atoms with Gasteiger partial charge in [-0.2, -0.15) is 0 Å². The number of aliphatic hydroxyl groups is 2. The molecule has 14 heavy (non-hydrogen) atoms. The van der Waals surface area contributed by atoms with Crippen LogP contribution in [0.25, 0.3) is 0 Å². The topological polar surface area (TPSA) is 65.5 Å². The van der Waals surface area contributed by atoms with Gasteiger partial charge in [-0.25, -0.2) is 0 Å². The molecule has 2 saturated heterocycles. The van der Waals surface area contributed by atoms with Gasteiger partial charge in [-0.05, 0) is 12.8 Å². The molecular formula is C10H18O4. The Morgan fingerprint density at radius 2 is 1.86 bits per heavy atom. The zero-order valence-electron chi connectivity index (χ0n) is 8.48. The number of hydrogen-bond donors (Lipinski definition) is 2. The third-order valence-electron chi connectivity index (χ3n) is 3.03. The standard InChI is InChI=1S/C10H18O4/c1-2-7(3-8-5-13-8)10(11,12)4-9-6-14-9/h7-9,11-12H,2-6H2,1H3. The van der Waals surface area contributed by atoms with E-state index in [0.29, 0.717) is 13.0 Å². The van der Waals surface area contributed by atoms with Crippen LogP contribution in [0.2, 0.25) is 0 Å². The molecule has 2 aliphatic heterocycles. The lowest BCUT2D eigenvalue weighted by Crippen LogP contribution is -2.39. The van der Waals surface area contributed by atoms with Crippen LogP contribution in [0.5, 0.6) is 0 Å². The van der Waals surface area contributed by atoms with E-state index in [4.69, 9.17) is 9.47 Å². The van der Waals surface area contributed by atoms with Crippen LogP contribution in [0, 0.1) is 5.92 Å². The van der Waals surface area contributed by atoms with Gasteiger partial charge in [-0.3, -0.25) is 0 Å². The van der Waals surface area contributed by atoms with Crippen molar-refractivity contribution < 1.29 is 19.7 Å². The Morgan fingerprint density at radius 1 is 1.29 bits per heavy atom. The molecule has 0 aromatic carbocycles. The van der Waals surface area contributed by atoms with Crippen LogP contribution in [0.4, 0.5) is 0 Å². The Hall–Kier alpha value is -0.160. The van der Waals surface area contributed by atoms with Crippen LogP contribution >= 0.6 is 0 Å². The molecule has 0 amide bonds. The second-order valence-electron chi connectivity index (χ2n) is 4.33. The summed E-state index contributed by atoms with van der Waals surface area (Å²) in [5.41, 5.74) is 0. The van der Waals surface area contributed by atoms with Crippen molar-refractivity contribution in [2.24, 2.45) is 5.92 Å². The van der Waals surface area contributed by atoms with E-state index < -0.39 is 5.79 Å². The summed E-state index contributed by atoms with van der Waals surface area (Å²) in [5, 5.41) is 19.8. The zero-order chi connectivity index (χ0) is 10.2. The van der Waals surface area contributed by atoms with E-state index in [-0.39, 0.29) is 18.1 Å². The van der Waals surface area contributed by atoms with Crippen molar-refractivity contribution in [2.75, 3.05) is 13.2 Å². The van der Waals surface area contributed by atoms with Gasteiger partial charge in [0.1, 0.15) is 0 Å². The summed E-state index contributed by atoms with van der Waals surface area (Å²) < 4.78 is 10.1. The summed E-state index contributed by atoms with van der Waals surface area (Å²) in [6.07, 6.45) is 2.14. The summed E-state index contributed by atoms with van der Waals surface area (Å²) in [4.78, 5) is 0. The molecule has 82 valence electrons. The fraction of sp³-hybridized carbons (Fsp3) is 1.00. The van der Waals surface area contributed by atoms with Gasteiger partial charge in [0.2, 0.25) is 0 Å². The van der Waals surface area contributed by atoms with Crippen LogP contribution in [-0.4, -0.2) is 41.4 Å². The molecular weight excluding hydrogens is 184 g/mol. The van der Waals surface area contributed by atoms with E-state index in [0.717, 1.165) is 19.4 Å². The zero-order valence-corrected chi connectivity index (χ0v) is 8.48. The van der Waals surface area contributed by atoms with Crippen molar-refractivity contribution in [3.05, 3.63) is 0 Å². The molecule has 3 atom stereocenters. The molecule has 3 unspecified atom stereocenters. The van der Waals surface area contributed by atoms with E-state index in [2.05, 4.69) is 0 Å². The summed E-state index contributed by atoms with van der Waals surface area (Å²) in [6, 6.07) is 0. The highest BCUT2D eigenvalue weighted by molar-refractivity contribution is 4.86. The number of hydrogen-bond acceptors (Lipinski definition) is 4. The molecule has 4 nitrogen and oxygen atoms in total. The van der Waals surface area contributed by atoms with Gasteiger partial charge < -0.3 is 19.7 Å². The third-order valence-corrected chi connectivity index (χ3v) is 3.03. The molecule has 0 bridgehead atoms. The first-order valence-electron chi connectivity index (χ1n) is 5.29. The number of rotatable bonds is 6. The maximum absolute atomic E-state index is 9.88. The lowest BCUT2D eigenvalue weighted by atomic mass is 9.88. The van der Waals surface area contributed by atoms with Gasteiger partial charge in [-0.1, -0.05) is 6.92 Å². The Bertz CT molecular complexity index is 196. The Kier molecular flexibility index (Phi) is 2.79. The smallest absolute Gasteiger partial charge is 0.168 e.